The second-order valence-corrected chi connectivity index (χ2v) is 8.39. The van der Waals surface area contributed by atoms with Crippen LogP contribution in [0, 0.1) is 5.82 Å². The molecule has 3 rings (SSSR count). The molecule has 8 nitrogen and oxygen atoms in total. The molecule has 0 radical (unpaired) electrons. The first-order valence-corrected chi connectivity index (χ1v) is 10.1. The van der Waals surface area contributed by atoms with Crippen LogP contribution in [0.5, 0.6) is 0 Å². The molecule has 27 heavy (non-hydrogen) atoms. The van der Waals surface area contributed by atoms with Crippen LogP contribution in [0.25, 0.3) is 5.69 Å². The lowest BCUT2D eigenvalue weighted by atomic mass is 10.0. The van der Waals surface area contributed by atoms with Gasteiger partial charge >= 0.3 is 0 Å². The molecular formula is C17H19FN4O4S. The number of carbonyl (C=O) groups is 1. The van der Waals surface area contributed by atoms with Gasteiger partial charge in [0.1, 0.15) is 11.9 Å². The van der Waals surface area contributed by atoms with E-state index in [1.807, 2.05) is 0 Å². The Morgan fingerprint density at radius 2 is 2.04 bits per heavy atom. The third kappa shape index (κ3) is 3.76. The van der Waals surface area contributed by atoms with Crippen molar-refractivity contribution in [2.24, 2.45) is 0 Å². The molecule has 0 N–H and O–H groups in total. The molecule has 1 amide bonds. The van der Waals surface area contributed by atoms with Gasteiger partial charge in [-0.3, -0.25) is 19.1 Å². The highest BCUT2D eigenvalue weighted by atomic mass is 32.2. The van der Waals surface area contributed by atoms with Crippen molar-refractivity contribution in [2.75, 3.05) is 24.7 Å². The third-order valence-electron chi connectivity index (χ3n) is 4.60. The normalized spacial score (nSPS) is 18.1. The van der Waals surface area contributed by atoms with Crippen molar-refractivity contribution in [2.45, 2.75) is 18.9 Å². The fraction of sp³-hybridized carbons (Fsp3) is 0.353. The van der Waals surface area contributed by atoms with E-state index in [0.717, 1.165) is 22.8 Å². The number of benzene rings is 1. The summed E-state index contributed by atoms with van der Waals surface area (Å²) in [4.78, 5) is 29.6. The Balaban J connectivity index is 1.93. The number of carbonyl (C=O) groups excluding carboxylic acids is 1. The summed E-state index contributed by atoms with van der Waals surface area (Å²) in [5, 5.41) is 0. The lowest BCUT2D eigenvalue weighted by Gasteiger charge is -2.36. The number of nitrogens with zero attached hydrogens (tertiary/aromatic N) is 4. The Morgan fingerprint density at radius 3 is 2.67 bits per heavy atom. The van der Waals surface area contributed by atoms with Crippen molar-refractivity contribution in [3.63, 3.8) is 0 Å². The maximum absolute atomic E-state index is 14.7. The van der Waals surface area contributed by atoms with Gasteiger partial charge in [0.15, 0.2) is 0 Å². The summed E-state index contributed by atoms with van der Waals surface area (Å²) in [5.74, 6) is -1.14. The lowest BCUT2D eigenvalue weighted by molar-refractivity contribution is -0.123. The molecule has 1 aromatic carbocycles. The minimum Gasteiger partial charge on any atom is -0.308 e. The zero-order valence-electron chi connectivity index (χ0n) is 14.9. The maximum atomic E-state index is 14.7. The predicted octanol–water partition coefficient (Wildman–Crippen LogP) is 0.758. The van der Waals surface area contributed by atoms with E-state index in [4.69, 9.17) is 0 Å². The van der Waals surface area contributed by atoms with E-state index in [1.165, 1.54) is 41.0 Å². The Bertz CT molecular complexity index is 1040. The number of likely N-dealkylation sites (N-methyl/N-ethyl adjacent to an activating group) is 1. The van der Waals surface area contributed by atoms with Crippen LogP contribution < -0.4 is 10.5 Å². The molecule has 1 aromatic heterocycles. The molecule has 1 aliphatic rings. The molecule has 0 bridgehead atoms. The first-order chi connectivity index (χ1) is 12.7. The number of anilines is 1. The molecule has 2 heterocycles. The molecule has 1 fully saturated rings. The minimum atomic E-state index is -3.55. The summed E-state index contributed by atoms with van der Waals surface area (Å²) in [6, 6.07) is 3.24. The second-order valence-electron chi connectivity index (χ2n) is 6.35. The number of rotatable bonds is 4. The average Bonchev–Trinajstić information content (AvgIpc) is 2.61. The van der Waals surface area contributed by atoms with Crippen LogP contribution in [0.15, 0.2) is 41.6 Å². The van der Waals surface area contributed by atoms with Gasteiger partial charge in [-0.15, -0.1) is 0 Å². The fourth-order valence-electron chi connectivity index (χ4n) is 3.09. The molecular weight excluding hydrogens is 375 g/mol. The third-order valence-corrected chi connectivity index (χ3v) is 5.90. The molecule has 0 spiro atoms. The number of hydrogen-bond acceptors (Lipinski definition) is 5. The van der Waals surface area contributed by atoms with Crippen molar-refractivity contribution in [1.29, 1.82) is 0 Å². The van der Waals surface area contributed by atoms with E-state index in [1.54, 1.807) is 0 Å². The van der Waals surface area contributed by atoms with Crippen LogP contribution in [0.2, 0.25) is 0 Å². The number of piperidine rings is 1. The number of sulfonamides is 1. The molecule has 1 aliphatic heterocycles. The van der Waals surface area contributed by atoms with Gasteiger partial charge in [0.05, 0.1) is 23.8 Å². The van der Waals surface area contributed by atoms with Gasteiger partial charge in [-0.25, -0.2) is 12.8 Å². The molecule has 1 unspecified atom stereocenters. The average molecular weight is 394 g/mol. The zero-order valence-corrected chi connectivity index (χ0v) is 15.7. The highest BCUT2D eigenvalue weighted by molar-refractivity contribution is 7.88. The maximum Gasteiger partial charge on any atom is 0.273 e. The number of hydrogen-bond donors (Lipinski definition) is 0. The molecule has 10 heteroatoms. The Kier molecular flexibility index (Phi) is 5.11. The summed E-state index contributed by atoms with van der Waals surface area (Å²) < 4.78 is 40.5. The van der Waals surface area contributed by atoms with Crippen LogP contribution in [0.1, 0.15) is 12.8 Å². The first-order valence-electron chi connectivity index (χ1n) is 8.27. The molecule has 2 aromatic rings. The van der Waals surface area contributed by atoms with Crippen molar-refractivity contribution in [3.05, 3.63) is 53.0 Å². The summed E-state index contributed by atoms with van der Waals surface area (Å²) >= 11 is 0. The molecule has 0 aliphatic carbocycles. The second kappa shape index (κ2) is 7.20. The van der Waals surface area contributed by atoms with E-state index in [9.17, 15) is 22.4 Å². The SMILES string of the molecule is CN(C1CCCN(c2ccc(-n3ccncc3=O)cc2F)C1=O)S(C)(=O)=O. The Labute approximate surface area is 155 Å². The van der Waals surface area contributed by atoms with Gasteiger partial charge in [0, 0.05) is 32.1 Å². The molecule has 144 valence electrons. The summed E-state index contributed by atoms with van der Waals surface area (Å²) in [6.07, 6.45) is 5.89. The van der Waals surface area contributed by atoms with E-state index in [-0.39, 0.29) is 5.69 Å². The smallest absolute Gasteiger partial charge is 0.273 e. The Morgan fingerprint density at radius 1 is 1.30 bits per heavy atom. The van der Waals surface area contributed by atoms with Gasteiger partial charge in [0.2, 0.25) is 15.9 Å². The van der Waals surface area contributed by atoms with Crippen molar-refractivity contribution in [1.82, 2.24) is 13.9 Å². The number of aromatic nitrogens is 2. The van der Waals surface area contributed by atoms with Gasteiger partial charge in [-0.2, -0.15) is 4.31 Å². The standard InChI is InChI=1S/C17H19FN4O4S/c1-20(27(2,25)26)15-4-3-8-22(17(15)24)14-6-5-12(10-13(14)18)21-9-7-19-11-16(21)23/h5-7,9-11,15H,3-4,8H2,1-2H3. The number of amides is 1. The Hall–Kier alpha value is -2.59. The van der Waals surface area contributed by atoms with Crippen LogP contribution in [-0.2, 0) is 14.8 Å². The fourth-order valence-corrected chi connectivity index (χ4v) is 3.75. The zero-order chi connectivity index (χ0) is 19.8. The summed E-state index contributed by atoms with van der Waals surface area (Å²) in [7, 11) is -2.21. The van der Waals surface area contributed by atoms with Crippen LogP contribution in [-0.4, -0.2) is 54.1 Å². The lowest BCUT2D eigenvalue weighted by Crippen LogP contribution is -2.53. The van der Waals surface area contributed by atoms with E-state index in [0.29, 0.717) is 25.1 Å². The monoisotopic (exact) mass is 394 g/mol. The van der Waals surface area contributed by atoms with Gasteiger partial charge in [0.25, 0.3) is 5.56 Å². The van der Waals surface area contributed by atoms with Crippen LogP contribution >= 0.6 is 0 Å². The molecule has 0 saturated carbocycles. The van der Waals surface area contributed by atoms with Gasteiger partial charge < -0.3 is 4.90 Å². The van der Waals surface area contributed by atoms with Crippen molar-refractivity contribution in [3.8, 4) is 5.69 Å². The van der Waals surface area contributed by atoms with E-state index < -0.39 is 33.3 Å². The van der Waals surface area contributed by atoms with Crippen LogP contribution in [0.3, 0.4) is 0 Å². The predicted molar refractivity (Wildman–Crippen MR) is 97.8 cm³/mol. The first kappa shape index (κ1) is 19.2. The van der Waals surface area contributed by atoms with E-state index in [2.05, 4.69) is 4.98 Å². The topological polar surface area (TPSA) is 92.6 Å². The van der Waals surface area contributed by atoms with Gasteiger partial charge in [-0.1, -0.05) is 0 Å². The highest BCUT2D eigenvalue weighted by Crippen LogP contribution is 2.27. The largest absolute Gasteiger partial charge is 0.308 e. The molecule has 1 saturated heterocycles. The van der Waals surface area contributed by atoms with E-state index >= 15 is 0 Å². The summed E-state index contributed by atoms with van der Waals surface area (Å²) in [5.41, 5.74) is -0.0519. The van der Waals surface area contributed by atoms with Crippen molar-refractivity contribution >= 4 is 21.6 Å². The summed E-state index contributed by atoms with van der Waals surface area (Å²) in [6.45, 7) is 0.290. The van der Waals surface area contributed by atoms with Gasteiger partial charge in [-0.05, 0) is 25.0 Å². The van der Waals surface area contributed by atoms with Crippen molar-refractivity contribution < 1.29 is 17.6 Å². The quantitative estimate of drug-likeness (QED) is 0.763. The minimum absolute atomic E-state index is 0.0532. The number of halogens is 1. The molecule has 1 atom stereocenters. The highest BCUT2D eigenvalue weighted by Gasteiger charge is 2.36. The van der Waals surface area contributed by atoms with Crippen LogP contribution in [0.4, 0.5) is 10.1 Å².